The SMILES string of the molecule is Cc1cc(NC(=O)c2c(C)c(C)n[nH]c2=O)nc(C(C)C)n1. The molecule has 0 aliphatic heterocycles. The highest BCUT2D eigenvalue weighted by Gasteiger charge is 2.17. The highest BCUT2D eigenvalue weighted by Crippen LogP contribution is 2.15. The van der Waals surface area contributed by atoms with Crippen LogP contribution < -0.4 is 10.9 Å². The Morgan fingerprint density at radius 1 is 1.23 bits per heavy atom. The van der Waals surface area contributed by atoms with E-state index in [2.05, 4.69) is 25.5 Å². The van der Waals surface area contributed by atoms with Crippen LogP contribution in [0.3, 0.4) is 0 Å². The quantitative estimate of drug-likeness (QED) is 0.901. The standard InChI is InChI=1S/C15H19N5O2/c1-7(2)13-16-8(3)6-11(17-13)18-14(21)12-9(4)10(5)19-20-15(12)22/h6-7H,1-5H3,(H,20,22)(H,16,17,18,21). The molecular formula is C15H19N5O2. The van der Waals surface area contributed by atoms with Crippen molar-refractivity contribution in [2.24, 2.45) is 0 Å². The number of anilines is 1. The molecule has 116 valence electrons. The van der Waals surface area contributed by atoms with Gasteiger partial charge in [-0.3, -0.25) is 9.59 Å². The number of nitrogens with zero attached hydrogens (tertiary/aromatic N) is 3. The molecule has 1 amide bonds. The molecule has 2 rings (SSSR count). The van der Waals surface area contributed by atoms with Crippen LogP contribution in [0.25, 0.3) is 0 Å². The number of amides is 1. The lowest BCUT2D eigenvalue weighted by atomic mass is 10.1. The fraction of sp³-hybridized carbons (Fsp3) is 0.400. The Hall–Kier alpha value is -2.57. The first kappa shape index (κ1) is 15.8. The number of carbonyl (C=O) groups excluding carboxylic acids is 1. The van der Waals surface area contributed by atoms with E-state index in [1.807, 2.05) is 20.8 Å². The van der Waals surface area contributed by atoms with Gasteiger partial charge in [0.05, 0.1) is 5.69 Å². The summed E-state index contributed by atoms with van der Waals surface area (Å²) in [6, 6.07) is 1.67. The minimum Gasteiger partial charge on any atom is -0.306 e. The molecule has 0 fully saturated rings. The van der Waals surface area contributed by atoms with Gasteiger partial charge in [-0.2, -0.15) is 5.10 Å². The highest BCUT2D eigenvalue weighted by atomic mass is 16.2. The molecule has 0 aromatic carbocycles. The van der Waals surface area contributed by atoms with Crippen LogP contribution >= 0.6 is 0 Å². The van der Waals surface area contributed by atoms with Gasteiger partial charge in [-0.15, -0.1) is 0 Å². The fourth-order valence-corrected chi connectivity index (χ4v) is 1.99. The van der Waals surface area contributed by atoms with Crippen LogP contribution in [0.4, 0.5) is 5.82 Å². The van der Waals surface area contributed by atoms with Gasteiger partial charge in [0.25, 0.3) is 11.5 Å². The number of nitrogens with one attached hydrogen (secondary N) is 2. The van der Waals surface area contributed by atoms with E-state index in [-0.39, 0.29) is 11.5 Å². The number of aromatic amines is 1. The maximum Gasteiger partial charge on any atom is 0.277 e. The van der Waals surface area contributed by atoms with E-state index in [0.717, 1.165) is 5.69 Å². The van der Waals surface area contributed by atoms with Crippen molar-refractivity contribution in [3.05, 3.63) is 44.8 Å². The maximum absolute atomic E-state index is 12.4. The van der Waals surface area contributed by atoms with Crippen molar-refractivity contribution >= 4 is 11.7 Å². The van der Waals surface area contributed by atoms with Crippen molar-refractivity contribution in [1.82, 2.24) is 20.2 Å². The van der Waals surface area contributed by atoms with Gasteiger partial charge in [0.2, 0.25) is 0 Å². The molecule has 0 atom stereocenters. The number of hydrogen-bond acceptors (Lipinski definition) is 5. The molecule has 2 heterocycles. The molecular weight excluding hydrogens is 282 g/mol. The van der Waals surface area contributed by atoms with E-state index in [1.54, 1.807) is 19.9 Å². The molecule has 0 spiro atoms. The Balaban J connectivity index is 2.38. The van der Waals surface area contributed by atoms with Crippen molar-refractivity contribution in [2.75, 3.05) is 5.32 Å². The summed E-state index contributed by atoms with van der Waals surface area (Å²) in [6.07, 6.45) is 0. The third-order valence-electron chi connectivity index (χ3n) is 3.33. The highest BCUT2D eigenvalue weighted by molar-refractivity contribution is 6.04. The molecule has 0 bridgehead atoms. The topological polar surface area (TPSA) is 101 Å². The lowest BCUT2D eigenvalue weighted by Gasteiger charge is -2.10. The van der Waals surface area contributed by atoms with Gasteiger partial charge in [-0.25, -0.2) is 15.1 Å². The molecule has 0 radical (unpaired) electrons. The second-order valence-electron chi connectivity index (χ2n) is 5.50. The molecule has 0 saturated heterocycles. The number of aromatic nitrogens is 4. The summed E-state index contributed by atoms with van der Waals surface area (Å²) < 4.78 is 0. The Morgan fingerprint density at radius 2 is 1.91 bits per heavy atom. The predicted molar refractivity (Wildman–Crippen MR) is 83.1 cm³/mol. The Bertz CT molecular complexity index is 780. The van der Waals surface area contributed by atoms with Crippen LogP contribution in [0.2, 0.25) is 0 Å². The Morgan fingerprint density at radius 3 is 2.55 bits per heavy atom. The van der Waals surface area contributed by atoms with Crippen molar-refractivity contribution < 1.29 is 4.79 Å². The van der Waals surface area contributed by atoms with Gasteiger partial charge >= 0.3 is 0 Å². The zero-order valence-corrected chi connectivity index (χ0v) is 13.3. The van der Waals surface area contributed by atoms with E-state index in [9.17, 15) is 9.59 Å². The monoisotopic (exact) mass is 301 g/mol. The molecule has 2 aromatic heterocycles. The van der Waals surface area contributed by atoms with E-state index >= 15 is 0 Å². The third kappa shape index (κ3) is 3.19. The summed E-state index contributed by atoms with van der Waals surface area (Å²) in [7, 11) is 0. The van der Waals surface area contributed by atoms with Crippen LogP contribution in [-0.2, 0) is 0 Å². The third-order valence-corrected chi connectivity index (χ3v) is 3.33. The summed E-state index contributed by atoms with van der Waals surface area (Å²) >= 11 is 0. The largest absolute Gasteiger partial charge is 0.306 e. The van der Waals surface area contributed by atoms with Crippen molar-refractivity contribution in [1.29, 1.82) is 0 Å². The second kappa shape index (κ2) is 6.05. The molecule has 0 aliphatic carbocycles. The van der Waals surface area contributed by atoms with E-state index < -0.39 is 11.5 Å². The first-order valence-electron chi connectivity index (χ1n) is 7.02. The molecule has 2 N–H and O–H groups in total. The normalized spacial score (nSPS) is 10.8. The van der Waals surface area contributed by atoms with Crippen LogP contribution in [-0.4, -0.2) is 26.1 Å². The summed E-state index contributed by atoms with van der Waals surface area (Å²) in [6.45, 7) is 9.20. The minimum atomic E-state index is -0.518. The molecule has 7 heteroatoms. The molecule has 0 aliphatic rings. The van der Waals surface area contributed by atoms with E-state index in [1.165, 1.54) is 0 Å². The van der Waals surface area contributed by atoms with Crippen molar-refractivity contribution in [3.63, 3.8) is 0 Å². The first-order valence-corrected chi connectivity index (χ1v) is 7.02. The molecule has 2 aromatic rings. The lowest BCUT2D eigenvalue weighted by Crippen LogP contribution is -2.27. The Labute approximate surface area is 128 Å². The van der Waals surface area contributed by atoms with E-state index in [4.69, 9.17) is 0 Å². The first-order chi connectivity index (χ1) is 10.3. The van der Waals surface area contributed by atoms with Gasteiger partial charge in [0.1, 0.15) is 17.2 Å². The fourth-order valence-electron chi connectivity index (χ4n) is 1.99. The average molecular weight is 301 g/mol. The summed E-state index contributed by atoms with van der Waals surface area (Å²) in [5, 5.41) is 8.82. The van der Waals surface area contributed by atoms with Crippen molar-refractivity contribution in [2.45, 2.75) is 40.5 Å². The molecule has 22 heavy (non-hydrogen) atoms. The average Bonchev–Trinajstić information content (AvgIpc) is 2.42. The van der Waals surface area contributed by atoms with Gasteiger partial charge in [0, 0.05) is 17.7 Å². The number of carbonyl (C=O) groups is 1. The smallest absolute Gasteiger partial charge is 0.277 e. The number of hydrogen-bond donors (Lipinski definition) is 2. The Kier molecular flexibility index (Phi) is 4.35. The summed E-state index contributed by atoms with van der Waals surface area (Å²) in [5.74, 6) is 0.669. The predicted octanol–water partition coefficient (Wildman–Crippen LogP) is 1.86. The van der Waals surface area contributed by atoms with Gasteiger partial charge in [-0.1, -0.05) is 13.8 Å². The zero-order chi connectivity index (χ0) is 16.4. The summed E-state index contributed by atoms with van der Waals surface area (Å²) in [4.78, 5) is 32.9. The zero-order valence-electron chi connectivity index (χ0n) is 13.3. The van der Waals surface area contributed by atoms with Crippen LogP contribution in [0.5, 0.6) is 0 Å². The van der Waals surface area contributed by atoms with Crippen LogP contribution in [0, 0.1) is 20.8 Å². The lowest BCUT2D eigenvalue weighted by molar-refractivity contribution is 0.102. The molecule has 7 nitrogen and oxygen atoms in total. The summed E-state index contributed by atoms with van der Waals surface area (Å²) in [5.41, 5.74) is 1.44. The minimum absolute atomic E-state index is 0.0508. The van der Waals surface area contributed by atoms with E-state index in [0.29, 0.717) is 22.9 Å². The molecule has 0 unspecified atom stereocenters. The van der Waals surface area contributed by atoms with Gasteiger partial charge < -0.3 is 5.32 Å². The molecule has 0 saturated carbocycles. The van der Waals surface area contributed by atoms with Crippen LogP contribution in [0.1, 0.15) is 52.9 Å². The van der Waals surface area contributed by atoms with Crippen molar-refractivity contribution in [3.8, 4) is 0 Å². The van der Waals surface area contributed by atoms with Crippen LogP contribution in [0.15, 0.2) is 10.9 Å². The second-order valence-corrected chi connectivity index (χ2v) is 5.50. The number of aryl methyl sites for hydroxylation is 2. The number of rotatable bonds is 3. The van der Waals surface area contributed by atoms with Gasteiger partial charge in [0.15, 0.2) is 0 Å². The number of H-pyrrole nitrogens is 1. The maximum atomic E-state index is 12.4. The van der Waals surface area contributed by atoms with Gasteiger partial charge in [-0.05, 0) is 26.3 Å².